The SMILES string of the molecule is COc1cccc(CNc2c(Cl)ccc3nsnc23)c1O. The summed E-state index contributed by atoms with van der Waals surface area (Å²) in [5.41, 5.74) is 2.95. The maximum atomic E-state index is 10.1. The molecule has 0 fully saturated rings. The first-order valence-corrected chi connectivity index (χ1v) is 7.31. The van der Waals surface area contributed by atoms with Gasteiger partial charge in [-0.2, -0.15) is 8.75 Å². The Morgan fingerprint density at radius 1 is 1.29 bits per heavy atom. The van der Waals surface area contributed by atoms with Crippen molar-refractivity contribution in [3.05, 3.63) is 40.9 Å². The van der Waals surface area contributed by atoms with Crippen LogP contribution >= 0.6 is 23.3 Å². The number of rotatable bonds is 4. The second-order valence-corrected chi connectivity index (χ2v) is 5.31. The van der Waals surface area contributed by atoms with Gasteiger partial charge in [0.2, 0.25) is 0 Å². The number of para-hydroxylation sites is 1. The van der Waals surface area contributed by atoms with Crippen LogP contribution in [-0.4, -0.2) is 21.0 Å². The minimum absolute atomic E-state index is 0.118. The Morgan fingerprint density at radius 3 is 2.95 bits per heavy atom. The van der Waals surface area contributed by atoms with Gasteiger partial charge in [0.25, 0.3) is 0 Å². The molecule has 0 amide bonds. The van der Waals surface area contributed by atoms with Crippen molar-refractivity contribution in [1.82, 2.24) is 8.75 Å². The number of nitrogens with zero attached hydrogens (tertiary/aromatic N) is 2. The smallest absolute Gasteiger partial charge is 0.162 e. The van der Waals surface area contributed by atoms with Crippen molar-refractivity contribution in [2.75, 3.05) is 12.4 Å². The molecule has 2 N–H and O–H groups in total. The van der Waals surface area contributed by atoms with Crippen molar-refractivity contribution < 1.29 is 9.84 Å². The molecule has 0 spiro atoms. The van der Waals surface area contributed by atoms with Crippen LogP contribution in [0.5, 0.6) is 11.5 Å². The number of fused-ring (bicyclic) bond motifs is 1. The van der Waals surface area contributed by atoms with Crippen molar-refractivity contribution in [3.8, 4) is 11.5 Å². The van der Waals surface area contributed by atoms with E-state index in [2.05, 4.69) is 14.1 Å². The summed E-state index contributed by atoms with van der Waals surface area (Å²) in [7, 11) is 1.52. The zero-order chi connectivity index (χ0) is 14.8. The van der Waals surface area contributed by atoms with Gasteiger partial charge >= 0.3 is 0 Å². The molecule has 21 heavy (non-hydrogen) atoms. The third-order valence-corrected chi connectivity index (χ3v) is 3.99. The first kappa shape index (κ1) is 13.9. The molecule has 2 aromatic carbocycles. The number of aromatic hydroxyl groups is 1. The molecule has 108 valence electrons. The van der Waals surface area contributed by atoms with E-state index in [4.69, 9.17) is 16.3 Å². The van der Waals surface area contributed by atoms with E-state index in [9.17, 15) is 5.11 Å². The van der Waals surface area contributed by atoms with Gasteiger partial charge in [-0.1, -0.05) is 23.7 Å². The summed E-state index contributed by atoms with van der Waals surface area (Å²) in [5, 5.41) is 13.9. The average molecular weight is 322 g/mol. The predicted molar refractivity (Wildman–Crippen MR) is 84.4 cm³/mol. The van der Waals surface area contributed by atoms with Gasteiger partial charge in [-0.25, -0.2) is 0 Å². The molecule has 7 heteroatoms. The van der Waals surface area contributed by atoms with Crippen LogP contribution in [-0.2, 0) is 6.54 Å². The highest BCUT2D eigenvalue weighted by Gasteiger charge is 2.12. The van der Waals surface area contributed by atoms with E-state index in [0.717, 1.165) is 22.8 Å². The summed E-state index contributed by atoms with van der Waals surface area (Å²) in [5.74, 6) is 0.557. The molecule has 0 saturated carbocycles. The molecule has 0 unspecified atom stereocenters. The van der Waals surface area contributed by atoms with Crippen LogP contribution in [0.25, 0.3) is 11.0 Å². The molecule has 3 rings (SSSR count). The summed E-state index contributed by atoms with van der Waals surface area (Å²) >= 11 is 7.35. The van der Waals surface area contributed by atoms with Gasteiger partial charge in [0.05, 0.1) is 29.5 Å². The van der Waals surface area contributed by atoms with E-state index < -0.39 is 0 Å². The molecule has 0 aliphatic carbocycles. The third kappa shape index (κ3) is 2.59. The Kier molecular flexibility index (Phi) is 3.81. The minimum Gasteiger partial charge on any atom is -0.504 e. The van der Waals surface area contributed by atoms with E-state index in [1.807, 2.05) is 18.2 Å². The maximum absolute atomic E-state index is 10.1. The second-order valence-electron chi connectivity index (χ2n) is 4.38. The van der Waals surface area contributed by atoms with Crippen LogP contribution in [0.2, 0.25) is 5.02 Å². The number of nitrogens with one attached hydrogen (secondary N) is 1. The lowest BCUT2D eigenvalue weighted by molar-refractivity contribution is 0.371. The summed E-state index contributed by atoms with van der Waals surface area (Å²) in [4.78, 5) is 0. The quantitative estimate of drug-likeness (QED) is 0.767. The van der Waals surface area contributed by atoms with Gasteiger partial charge in [0.1, 0.15) is 11.0 Å². The normalized spacial score (nSPS) is 10.8. The monoisotopic (exact) mass is 321 g/mol. The highest BCUT2D eigenvalue weighted by molar-refractivity contribution is 7.00. The number of halogens is 1. The summed E-state index contributed by atoms with van der Waals surface area (Å²) in [6.07, 6.45) is 0. The number of hydrogen-bond acceptors (Lipinski definition) is 6. The summed E-state index contributed by atoms with van der Waals surface area (Å²) in [6, 6.07) is 8.95. The molecule has 0 radical (unpaired) electrons. The molecular formula is C14H12ClN3O2S. The van der Waals surface area contributed by atoms with Crippen molar-refractivity contribution in [2.45, 2.75) is 6.54 Å². The number of anilines is 1. The second kappa shape index (κ2) is 5.75. The van der Waals surface area contributed by atoms with E-state index in [1.165, 1.54) is 7.11 Å². The summed E-state index contributed by atoms with van der Waals surface area (Å²) in [6.45, 7) is 0.402. The first-order chi connectivity index (χ1) is 10.2. The predicted octanol–water partition coefficient (Wildman–Crippen LogP) is 3.67. The number of hydrogen-bond donors (Lipinski definition) is 2. The zero-order valence-electron chi connectivity index (χ0n) is 11.1. The number of phenolic OH excluding ortho intramolecular Hbond substituents is 1. The molecule has 5 nitrogen and oxygen atoms in total. The molecule has 0 atom stereocenters. The standard InChI is InChI=1S/C14H12ClN3O2S/c1-20-11-4-2-3-8(14(11)19)7-16-12-9(15)5-6-10-13(12)18-21-17-10/h2-6,16,19H,7H2,1H3. The fourth-order valence-corrected chi connectivity index (χ4v) is 2.82. The zero-order valence-corrected chi connectivity index (χ0v) is 12.7. The van der Waals surface area contributed by atoms with Crippen LogP contribution in [0.4, 0.5) is 5.69 Å². The van der Waals surface area contributed by atoms with Crippen LogP contribution in [0.3, 0.4) is 0 Å². The molecular weight excluding hydrogens is 310 g/mol. The molecule has 0 aliphatic rings. The lowest BCUT2D eigenvalue weighted by Crippen LogP contribution is -2.01. The minimum atomic E-state index is 0.118. The highest BCUT2D eigenvalue weighted by Crippen LogP contribution is 2.33. The Balaban J connectivity index is 1.90. The number of phenols is 1. The number of ether oxygens (including phenoxy) is 1. The first-order valence-electron chi connectivity index (χ1n) is 6.20. The molecule has 0 bridgehead atoms. The molecule has 1 heterocycles. The Morgan fingerprint density at radius 2 is 2.14 bits per heavy atom. The van der Waals surface area contributed by atoms with Crippen molar-refractivity contribution in [2.24, 2.45) is 0 Å². The number of methoxy groups -OCH3 is 1. The molecule has 0 aliphatic heterocycles. The Hall–Kier alpha value is -2.05. The lowest BCUT2D eigenvalue weighted by atomic mass is 10.1. The lowest BCUT2D eigenvalue weighted by Gasteiger charge is -2.12. The van der Waals surface area contributed by atoms with E-state index >= 15 is 0 Å². The highest BCUT2D eigenvalue weighted by atomic mass is 35.5. The van der Waals surface area contributed by atoms with E-state index in [-0.39, 0.29) is 5.75 Å². The van der Waals surface area contributed by atoms with E-state index in [1.54, 1.807) is 12.1 Å². The molecule has 3 aromatic rings. The maximum Gasteiger partial charge on any atom is 0.162 e. The number of benzene rings is 2. The van der Waals surface area contributed by atoms with Crippen LogP contribution in [0.15, 0.2) is 30.3 Å². The van der Waals surface area contributed by atoms with Gasteiger partial charge in [-0.3, -0.25) is 0 Å². The van der Waals surface area contributed by atoms with E-state index in [0.29, 0.717) is 28.6 Å². The van der Waals surface area contributed by atoms with Crippen LogP contribution in [0, 0.1) is 0 Å². The molecule has 0 saturated heterocycles. The van der Waals surface area contributed by atoms with Gasteiger partial charge < -0.3 is 15.2 Å². The van der Waals surface area contributed by atoms with Gasteiger partial charge in [-0.05, 0) is 18.2 Å². The molecule has 1 aromatic heterocycles. The Bertz CT molecular complexity index is 791. The van der Waals surface area contributed by atoms with Crippen molar-refractivity contribution >= 4 is 40.0 Å². The van der Waals surface area contributed by atoms with Crippen LogP contribution < -0.4 is 10.1 Å². The average Bonchev–Trinajstić information content (AvgIpc) is 2.96. The topological polar surface area (TPSA) is 67.3 Å². The van der Waals surface area contributed by atoms with Gasteiger partial charge in [0.15, 0.2) is 11.5 Å². The fraction of sp³-hybridized carbons (Fsp3) is 0.143. The summed E-state index contributed by atoms with van der Waals surface area (Å²) < 4.78 is 13.5. The van der Waals surface area contributed by atoms with Gasteiger partial charge in [0, 0.05) is 12.1 Å². The van der Waals surface area contributed by atoms with Crippen LogP contribution in [0.1, 0.15) is 5.56 Å². The third-order valence-electron chi connectivity index (χ3n) is 3.14. The van der Waals surface area contributed by atoms with Gasteiger partial charge in [-0.15, -0.1) is 0 Å². The number of aromatic nitrogens is 2. The fourth-order valence-electron chi connectivity index (χ4n) is 2.05. The largest absolute Gasteiger partial charge is 0.504 e. The van der Waals surface area contributed by atoms with Crippen molar-refractivity contribution in [3.63, 3.8) is 0 Å². The van der Waals surface area contributed by atoms with Crippen molar-refractivity contribution in [1.29, 1.82) is 0 Å². The Labute approximate surface area is 130 Å².